The quantitative estimate of drug-likeness (QED) is 0.559. The molecule has 1 fully saturated rings. The maximum atomic E-state index is 12.6. The molecule has 84 valence electrons. The number of amides is 1. The molecule has 7 heteroatoms. The molecular weight excluding hydrogens is 210 g/mol. The molecule has 1 aliphatic rings. The Hall–Kier alpha value is -1.49. The third-order valence-electron chi connectivity index (χ3n) is 2.38. The van der Waals surface area contributed by atoms with Crippen molar-refractivity contribution in [2.45, 2.75) is 31.4 Å². The second kappa shape index (κ2) is 4.84. The number of alkyl halides is 2. The first-order valence-corrected chi connectivity index (χ1v) is 4.42. The molecule has 1 heterocycles. The van der Waals surface area contributed by atoms with Crippen molar-refractivity contribution in [2.75, 3.05) is 6.54 Å². The summed E-state index contributed by atoms with van der Waals surface area (Å²) in [5, 5.41) is 8.70. The summed E-state index contributed by atoms with van der Waals surface area (Å²) in [5.41, 5.74) is 0. The molecule has 5 nitrogen and oxygen atoms in total. The Labute approximate surface area is 84.4 Å². The van der Waals surface area contributed by atoms with Crippen LogP contribution in [0.2, 0.25) is 0 Å². The second-order valence-electron chi connectivity index (χ2n) is 3.23. The van der Waals surface area contributed by atoms with Gasteiger partial charge in [0.25, 0.3) is 6.43 Å². The first-order valence-electron chi connectivity index (χ1n) is 4.42. The van der Waals surface area contributed by atoms with Crippen molar-refractivity contribution in [3.05, 3.63) is 0 Å². The SMILES string of the molecule is O=C=NC1CCCN(C(=O)O)C1C(F)F. The number of carboxylic acid groups (broad SMARTS) is 1. The number of likely N-dealkylation sites (tertiary alicyclic amines) is 1. The number of hydrogen-bond acceptors (Lipinski definition) is 3. The summed E-state index contributed by atoms with van der Waals surface area (Å²) in [6.07, 6.45) is -2.34. The number of hydrogen-bond donors (Lipinski definition) is 1. The molecule has 2 unspecified atom stereocenters. The Morgan fingerprint density at radius 3 is 2.73 bits per heavy atom. The Morgan fingerprint density at radius 2 is 2.27 bits per heavy atom. The van der Waals surface area contributed by atoms with E-state index in [9.17, 15) is 18.4 Å². The van der Waals surface area contributed by atoms with Gasteiger partial charge in [-0.3, -0.25) is 4.90 Å². The zero-order valence-corrected chi connectivity index (χ0v) is 7.77. The number of aliphatic imine (C=N–C) groups is 1. The van der Waals surface area contributed by atoms with Crippen molar-refractivity contribution >= 4 is 12.2 Å². The Bertz CT molecular complexity index is 282. The fourth-order valence-electron chi connectivity index (χ4n) is 1.73. The molecule has 0 bridgehead atoms. The molecule has 1 aliphatic heterocycles. The van der Waals surface area contributed by atoms with Crippen molar-refractivity contribution in [1.29, 1.82) is 0 Å². The van der Waals surface area contributed by atoms with Crippen LogP contribution < -0.4 is 0 Å². The Morgan fingerprint density at radius 1 is 1.60 bits per heavy atom. The molecule has 1 saturated heterocycles. The smallest absolute Gasteiger partial charge is 0.407 e. The van der Waals surface area contributed by atoms with Gasteiger partial charge in [-0.05, 0) is 12.8 Å². The van der Waals surface area contributed by atoms with Gasteiger partial charge in [0.2, 0.25) is 6.08 Å². The Kier molecular flexibility index (Phi) is 3.74. The van der Waals surface area contributed by atoms with Crippen LogP contribution in [0.1, 0.15) is 12.8 Å². The third kappa shape index (κ3) is 2.50. The van der Waals surface area contributed by atoms with Crippen molar-refractivity contribution in [3.8, 4) is 0 Å². The number of halogens is 2. The van der Waals surface area contributed by atoms with Crippen LogP contribution in [0.15, 0.2) is 4.99 Å². The molecule has 0 spiro atoms. The van der Waals surface area contributed by atoms with Gasteiger partial charge in [0, 0.05) is 6.54 Å². The van der Waals surface area contributed by atoms with Crippen molar-refractivity contribution < 1.29 is 23.5 Å². The second-order valence-corrected chi connectivity index (χ2v) is 3.23. The first kappa shape index (κ1) is 11.6. The minimum absolute atomic E-state index is 0.0508. The highest BCUT2D eigenvalue weighted by Gasteiger charge is 2.40. The zero-order valence-electron chi connectivity index (χ0n) is 7.77. The van der Waals surface area contributed by atoms with E-state index in [-0.39, 0.29) is 13.0 Å². The number of nitrogens with zero attached hydrogens (tertiary/aromatic N) is 2. The number of carbonyl (C=O) groups excluding carboxylic acids is 1. The molecule has 0 aromatic rings. The highest BCUT2D eigenvalue weighted by molar-refractivity contribution is 5.65. The highest BCUT2D eigenvalue weighted by Crippen LogP contribution is 2.25. The van der Waals surface area contributed by atoms with Crippen LogP contribution in [-0.4, -0.2) is 47.2 Å². The van der Waals surface area contributed by atoms with Crippen LogP contribution in [0.4, 0.5) is 13.6 Å². The lowest BCUT2D eigenvalue weighted by molar-refractivity contribution is 0.00102. The summed E-state index contributed by atoms with van der Waals surface area (Å²) in [6, 6.07) is -2.51. The van der Waals surface area contributed by atoms with E-state index >= 15 is 0 Å². The first-order chi connectivity index (χ1) is 7.07. The highest BCUT2D eigenvalue weighted by atomic mass is 19.3. The summed E-state index contributed by atoms with van der Waals surface area (Å²) in [5.74, 6) is 0. The average Bonchev–Trinajstić information content (AvgIpc) is 2.17. The minimum atomic E-state index is -2.84. The average molecular weight is 220 g/mol. The van der Waals surface area contributed by atoms with Gasteiger partial charge in [0.05, 0.1) is 6.04 Å². The molecule has 1 N–H and O–H groups in total. The Balaban J connectivity index is 2.89. The molecule has 2 atom stereocenters. The van der Waals surface area contributed by atoms with Crippen LogP contribution in [0.3, 0.4) is 0 Å². The fourth-order valence-corrected chi connectivity index (χ4v) is 1.73. The lowest BCUT2D eigenvalue weighted by Crippen LogP contribution is -2.53. The maximum absolute atomic E-state index is 12.6. The van der Waals surface area contributed by atoms with Gasteiger partial charge in [0.1, 0.15) is 6.04 Å². The molecule has 0 aromatic carbocycles. The molecular formula is C8H10F2N2O3. The van der Waals surface area contributed by atoms with Crippen molar-refractivity contribution in [2.24, 2.45) is 4.99 Å². The number of isocyanates is 1. The molecule has 0 aliphatic carbocycles. The number of piperidine rings is 1. The van der Waals surface area contributed by atoms with Crippen LogP contribution in [0, 0.1) is 0 Å². The summed E-state index contributed by atoms with van der Waals surface area (Å²) >= 11 is 0. The van der Waals surface area contributed by atoms with Gasteiger partial charge in [0.15, 0.2) is 0 Å². The largest absolute Gasteiger partial charge is 0.465 e. The predicted molar refractivity (Wildman–Crippen MR) is 45.7 cm³/mol. The van der Waals surface area contributed by atoms with Crippen molar-refractivity contribution in [1.82, 2.24) is 4.90 Å². The van der Waals surface area contributed by atoms with Gasteiger partial charge < -0.3 is 5.11 Å². The van der Waals surface area contributed by atoms with Gasteiger partial charge in [-0.15, -0.1) is 0 Å². The van der Waals surface area contributed by atoms with E-state index < -0.39 is 24.6 Å². The van der Waals surface area contributed by atoms with E-state index in [2.05, 4.69) is 4.99 Å². The summed E-state index contributed by atoms with van der Waals surface area (Å²) in [7, 11) is 0. The van der Waals surface area contributed by atoms with Crippen LogP contribution in [0.25, 0.3) is 0 Å². The van der Waals surface area contributed by atoms with Crippen molar-refractivity contribution in [3.63, 3.8) is 0 Å². The number of carbonyl (C=O) groups is 1. The van der Waals surface area contributed by atoms with Gasteiger partial charge in [-0.2, -0.15) is 0 Å². The predicted octanol–water partition coefficient (Wildman–Crippen LogP) is 1.10. The topological polar surface area (TPSA) is 70.0 Å². The third-order valence-corrected chi connectivity index (χ3v) is 2.38. The van der Waals surface area contributed by atoms with E-state index in [0.717, 1.165) is 0 Å². The monoisotopic (exact) mass is 220 g/mol. The minimum Gasteiger partial charge on any atom is -0.465 e. The van der Waals surface area contributed by atoms with Crippen LogP contribution >= 0.6 is 0 Å². The fraction of sp³-hybridized carbons (Fsp3) is 0.750. The van der Waals surface area contributed by atoms with E-state index in [4.69, 9.17) is 5.11 Å². The van der Waals surface area contributed by atoms with Gasteiger partial charge in [-0.25, -0.2) is 23.4 Å². The standard InChI is InChI=1S/C8H10F2N2O3/c9-7(10)6-5(11-4-13)2-1-3-12(6)8(14)15/h5-7H,1-3H2,(H,14,15). The zero-order chi connectivity index (χ0) is 11.4. The van der Waals surface area contributed by atoms with E-state index in [1.165, 1.54) is 6.08 Å². The van der Waals surface area contributed by atoms with Crippen LogP contribution in [-0.2, 0) is 4.79 Å². The van der Waals surface area contributed by atoms with Gasteiger partial charge in [-0.1, -0.05) is 0 Å². The molecule has 0 saturated carbocycles. The molecule has 1 amide bonds. The molecule has 15 heavy (non-hydrogen) atoms. The summed E-state index contributed by atoms with van der Waals surface area (Å²) in [6.45, 7) is 0.0508. The lowest BCUT2D eigenvalue weighted by Gasteiger charge is -2.36. The molecule has 1 rings (SSSR count). The van der Waals surface area contributed by atoms with Crippen LogP contribution in [0.5, 0.6) is 0 Å². The molecule has 0 aromatic heterocycles. The molecule has 0 radical (unpaired) electrons. The summed E-state index contributed by atoms with van der Waals surface area (Å²) < 4.78 is 25.2. The normalized spacial score (nSPS) is 26.2. The lowest BCUT2D eigenvalue weighted by atomic mass is 9.97. The maximum Gasteiger partial charge on any atom is 0.407 e. The summed E-state index contributed by atoms with van der Waals surface area (Å²) in [4.78, 5) is 24.6. The van der Waals surface area contributed by atoms with E-state index in [0.29, 0.717) is 11.3 Å². The van der Waals surface area contributed by atoms with Gasteiger partial charge >= 0.3 is 6.09 Å². The van der Waals surface area contributed by atoms with E-state index in [1.807, 2.05) is 0 Å². The van der Waals surface area contributed by atoms with E-state index in [1.54, 1.807) is 0 Å². The number of rotatable bonds is 2.